The Morgan fingerprint density at radius 3 is 2.37 bits per heavy atom. The highest BCUT2D eigenvalue weighted by Gasteiger charge is 2.24. The lowest BCUT2D eigenvalue weighted by molar-refractivity contribution is -0.385. The first-order valence-electron chi connectivity index (χ1n) is 13.9. The van der Waals surface area contributed by atoms with Gasteiger partial charge >= 0.3 is 11.7 Å². The van der Waals surface area contributed by atoms with Gasteiger partial charge in [0.15, 0.2) is 0 Å². The molecule has 0 saturated carbocycles. The number of fused-ring (bicyclic) bond motifs is 2. The molecule has 11 nitrogen and oxygen atoms in total. The number of hydrogen-bond donors (Lipinski definition) is 0. The monoisotopic (exact) mass is 574 g/mol. The van der Waals surface area contributed by atoms with Gasteiger partial charge in [0.1, 0.15) is 5.82 Å². The van der Waals surface area contributed by atoms with Crippen molar-refractivity contribution in [3.05, 3.63) is 118 Å². The van der Waals surface area contributed by atoms with Crippen LogP contribution in [0.15, 0.2) is 102 Å². The quantitative estimate of drug-likeness (QED) is 0.184. The van der Waals surface area contributed by atoms with Crippen LogP contribution in [0.4, 0.5) is 5.69 Å². The zero-order valence-electron chi connectivity index (χ0n) is 23.0. The molecule has 1 aliphatic heterocycles. The number of nitro benzene ring substituents is 1. The summed E-state index contributed by atoms with van der Waals surface area (Å²) in [6, 6.07) is 28.2. The highest BCUT2D eigenvalue weighted by molar-refractivity contribution is 5.83. The molecule has 0 radical (unpaired) electrons. The number of morpholine rings is 1. The topological polar surface area (TPSA) is 118 Å². The second kappa shape index (κ2) is 11.1. The van der Waals surface area contributed by atoms with Gasteiger partial charge in [0.25, 0.3) is 5.56 Å². The molecule has 0 aliphatic carbocycles. The van der Waals surface area contributed by atoms with Gasteiger partial charge in [0.05, 0.1) is 52.4 Å². The van der Waals surface area contributed by atoms with E-state index in [1.165, 1.54) is 16.7 Å². The summed E-state index contributed by atoms with van der Waals surface area (Å²) in [6.45, 7) is 3.47. The average Bonchev–Trinajstić information content (AvgIpc) is 3.40. The Balaban J connectivity index is 1.46. The highest BCUT2D eigenvalue weighted by Crippen LogP contribution is 2.34. The molecule has 0 spiro atoms. The molecule has 0 bridgehead atoms. The van der Waals surface area contributed by atoms with Crippen molar-refractivity contribution in [1.29, 1.82) is 0 Å². The van der Waals surface area contributed by atoms with E-state index in [0.29, 0.717) is 47.9 Å². The number of nitrogens with zero attached hydrogens (tertiary/aromatic N) is 6. The maximum Gasteiger partial charge on any atom is 0.311 e. The minimum absolute atomic E-state index is 0.0273. The number of ether oxygens (including phenoxy) is 2. The molecule has 0 atom stereocenters. The van der Waals surface area contributed by atoms with E-state index in [1.54, 1.807) is 42.5 Å². The molecule has 0 amide bonds. The van der Waals surface area contributed by atoms with Crippen molar-refractivity contribution in [1.82, 2.24) is 24.0 Å². The van der Waals surface area contributed by atoms with Crippen molar-refractivity contribution in [2.24, 2.45) is 0 Å². The molecule has 6 aromatic rings. The first-order chi connectivity index (χ1) is 21.1. The molecular weight excluding hydrogens is 548 g/mol. The Morgan fingerprint density at radius 1 is 0.837 bits per heavy atom. The normalized spacial score (nSPS) is 13.9. The molecular formula is C32H26N6O5. The predicted octanol–water partition coefficient (Wildman–Crippen LogP) is 5.39. The van der Waals surface area contributed by atoms with Crippen molar-refractivity contribution in [2.45, 2.75) is 6.67 Å². The van der Waals surface area contributed by atoms with E-state index in [0.717, 1.165) is 24.1 Å². The zero-order chi connectivity index (χ0) is 29.3. The predicted molar refractivity (Wildman–Crippen MR) is 162 cm³/mol. The maximum atomic E-state index is 14.2. The van der Waals surface area contributed by atoms with Crippen LogP contribution >= 0.6 is 0 Å². The Kier molecular flexibility index (Phi) is 6.85. The van der Waals surface area contributed by atoms with Crippen LogP contribution in [0.25, 0.3) is 39.0 Å². The van der Waals surface area contributed by atoms with Crippen molar-refractivity contribution in [2.75, 3.05) is 26.3 Å². The van der Waals surface area contributed by atoms with Crippen LogP contribution in [0.3, 0.4) is 0 Å². The lowest BCUT2D eigenvalue weighted by Gasteiger charge is -2.28. The summed E-state index contributed by atoms with van der Waals surface area (Å²) in [5.74, 6) is 0.639. The highest BCUT2D eigenvalue weighted by atomic mass is 16.6. The van der Waals surface area contributed by atoms with Gasteiger partial charge in [-0.3, -0.25) is 19.8 Å². The number of benzene rings is 4. The lowest BCUT2D eigenvalue weighted by Crippen LogP contribution is -2.37. The molecule has 1 saturated heterocycles. The fourth-order valence-electron chi connectivity index (χ4n) is 5.41. The summed E-state index contributed by atoms with van der Waals surface area (Å²) in [6.07, 6.45) is 0. The lowest BCUT2D eigenvalue weighted by atomic mass is 10.1. The number of rotatable bonds is 7. The van der Waals surface area contributed by atoms with Crippen LogP contribution < -0.4 is 10.3 Å². The van der Waals surface area contributed by atoms with E-state index < -0.39 is 4.92 Å². The van der Waals surface area contributed by atoms with Crippen molar-refractivity contribution >= 4 is 27.6 Å². The molecule has 214 valence electrons. The van der Waals surface area contributed by atoms with E-state index >= 15 is 0 Å². The summed E-state index contributed by atoms with van der Waals surface area (Å²) >= 11 is 0. The largest absolute Gasteiger partial charge is 0.418 e. The number of aromatic nitrogens is 4. The molecule has 0 unspecified atom stereocenters. The van der Waals surface area contributed by atoms with Crippen LogP contribution in [-0.2, 0) is 11.4 Å². The van der Waals surface area contributed by atoms with Crippen LogP contribution in [0, 0.1) is 10.1 Å². The smallest absolute Gasteiger partial charge is 0.311 e. The summed E-state index contributed by atoms with van der Waals surface area (Å²) in [4.78, 5) is 37.4. The third-order valence-electron chi connectivity index (χ3n) is 7.49. The Hall–Kier alpha value is -5.39. The van der Waals surface area contributed by atoms with Crippen molar-refractivity contribution in [3.63, 3.8) is 0 Å². The summed E-state index contributed by atoms with van der Waals surface area (Å²) < 4.78 is 15.2. The SMILES string of the molecule is O=c1c2ccccc2nc(Oc2ccccc2[N+](=O)[O-])n1-c1ccccc1-c1nc2ccccc2n1CN1CCOCC1. The van der Waals surface area contributed by atoms with Crippen LogP contribution in [0.1, 0.15) is 0 Å². The van der Waals surface area contributed by atoms with Gasteiger partial charge in [0.2, 0.25) is 5.75 Å². The van der Waals surface area contributed by atoms with E-state index in [2.05, 4.69) is 14.5 Å². The van der Waals surface area contributed by atoms with E-state index in [1.807, 2.05) is 42.5 Å². The molecule has 0 N–H and O–H groups in total. The van der Waals surface area contributed by atoms with Crippen LogP contribution in [0.2, 0.25) is 0 Å². The third-order valence-corrected chi connectivity index (χ3v) is 7.49. The van der Waals surface area contributed by atoms with E-state index in [4.69, 9.17) is 14.5 Å². The van der Waals surface area contributed by atoms with Crippen LogP contribution in [0.5, 0.6) is 11.8 Å². The van der Waals surface area contributed by atoms with Gasteiger partial charge < -0.3 is 14.0 Å². The molecule has 11 heteroatoms. The minimum Gasteiger partial charge on any atom is -0.418 e. The second-order valence-corrected chi connectivity index (χ2v) is 10.1. The van der Waals surface area contributed by atoms with Gasteiger partial charge in [-0.2, -0.15) is 4.98 Å². The first-order valence-corrected chi connectivity index (χ1v) is 13.9. The van der Waals surface area contributed by atoms with Crippen LogP contribution in [-0.4, -0.2) is 55.2 Å². The average molecular weight is 575 g/mol. The Bertz CT molecular complexity index is 2050. The molecule has 43 heavy (non-hydrogen) atoms. The van der Waals surface area contributed by atoms with Gasteiger partial charge in [0, 0.05) is 24.7 Å². The molecule has 3 heterocycles. The zero-order valence-corrected chi connectivity index (χ0v) is 23.0. The molecule has 1 aliphatic rings. The fraction of sp³-hybridized carbons (Fsp3) is 0.156. The van der Waals surface area contributed by atoms with Gasteiger partial charge in [-0.25, -0.2) is 9.55 Å². The Labute approximate surface area is 245 Å². The number of hydrogen-bond acceptors (Lipinski definition) is 8. The van der Waals surface area contributed by atoms with Gasteiger partial charge in [-0.05, 0) is 42.5 Å². The van der Waals surface area contributed by atoms with Gasteiger partial charge in [-0.15, -0.1) is 0 Å². The standard InChI is InChI=1S/C32H26N6O5/c39-31-22-9-1-3-11-24(22)34-32(43-29-16-8-7-15-28(29)38(40)41)37(31)26-13-5-2-10-23(26)30-33-25-12-4-6-14-27(25)36(30)21-35-17-19-42-20-18-35/h1-16H,17-21H2. The maximum absolute atomic E-state index is 14.2. The van der Waals surface area contributed by atoms with E-state index in [9.17, 15) is 14.9 Å². The molecule has 1 fully saturated rings. The minimum atomic E-state index is -0.527. The Morgan fingerprint density at radius 2 is 1.53 bits per heavy atom. The van der Waals surface area contributed by atoms with Crippen molar-refractivity contribution in [3.8, 4) is 28.8 Å². The summed E-state index contributed by atoms with van der Waals surface area (Å²) in [5.41, 5.74) is 2.74. The van der Waals surface area contributed by atoms with Gasteiger partial charge in [-0.1, -0.05) is 48.5 Å². The first kappa shape index (κ1) is 26.5. The molecule has 2 aromatic heterocycles. The molecule has 4 aromatic carbocycles. The number of nitro groups is 1. The fourth-order valence-corrected chi connectivity index (χ4v) is 5.41. The third kappa shape index (κ3) is 4.90. The van der Waals surface area contributed by atoms with Crippen molar-refractivity contribution < 1.29 is 14.4 Å². The van der Waals surface area contributed by atoms with E-state index in [-0.39, 0.29) is 23.0 Å². The second-order valence-electron chi connectivity index (χ2n) is 10.1. The molecule has 7 rings (SSSR count). The summed E-state index contributed by atoms with van der Waals surface area (Å²) in [7, 11) is 0. The number of para-hydroxylation sites is 6. The summed E-state index contributed by atoms with van der Waals surface area (Å²) in [5, 5.41) is 12.2. The number of imidazole rings is 1.